The van der Waals surface area contributed by atoms with Gasteiger partial charge < -0.3 is 9.84 Å². The number of nitrogens with zero attached hydrogens (tertiary/aromatic N) is 1. The van der Waals surface area contributed by atoms with Crippen LogP contribution in [0.3, 0.4) is 0 Å². The molecule has 3 atom stereocenters. The van der Waals surface area contributed by atoms with E-state index in [0.717, 1.165) is 79.5 Å². The van der Waals surface area contributed by atoms with Crippen molar-refractivity contribution >= 4 is 5.78 Å². The van der Waals surface area contributed by atoms with Crippen molar-refractivity contribution in [1.82, 2.24) is 4.90 Å². The number of likely N-dealkylation sites (tertiary alicyclic amines) is 1. The van der Waals surface area contributed by atoms with Gasteiger partial charge in [-0.3, -0.25) is 9.69 Å². The Morgan fingerprint density at radius 3 is 2.52 bits per heavy atom. The van der Waals surface area contributed by atoms with E-state index in [1.807, 2.05) is 38.1 Å². The monoisotopic (exact) mass is 547 g/mol. The minimum Gasteiger partial charge on any atom is -0.512 e. The molecule has 3 aliphatic rings. The predicted molar refractivity (Wildman–Crippen MR) is 159 cm³/mol. The number of likely N-dealkylation sites (N-methyl/N-ethyl adjacent to an activating group) is 1. The smallest absolute Gasteiger partial charge is 0.150 e. The molecule has 216 valence electrons. The lowest BCUT2D eigenvalue weighted by Gasteiger charge is -2.30. The van der Waals surface area contributed by atoms with E-state index >= 15 is 4.39 Å². The number of rotatable bonds is 9. The number of halogens is 1. The molecule has 0 amide bonds. The minimum atomic E-state index is -0.655. The zero-order chi connectivity index (χ0) is 28.8. The normalized spacial score (nSPS) is 25.1. The van der Waals surface area contributed by atoms with Crippen molar-refractivity contribution in [2.75, 3.05) is 13.6 Å². The summed E-state index contributed by atoms with van der Waals surface area (Å²) in [4.78, 5) is 15.4. The molecule has 2 aromatic carbocycles. The molecule has 1 N–H and O–H groups in total. The zero-order valence-corrected chi connectivity index (χ0v) is 24.9. The van der Waals surface area contributed by atoms with Crippen LogP contribution in [0, 0.1) is 17.2 Å². The molecule has 1 saturated heterocycles. The molecule has 2 aliphatic carbocycles. The van der Waals surface area contributed by atoms with Crippen LogP contribution in [-0.2, 0) is 10.2 Å². The summed E-state index contributed by atoms with van der Waals surface area (Å²) in [5.41, 5.74) is 2.95. The third kappa shape index (κ3) is 5.72. The van der Waals surface area contributed by atoms with Gasteiger partial charge in [-0.2, -0.15) is 0 Å². The maximum atomic E-state index is 15.3. The van der Waals surface area contributed by atoms with Crippen molar-refractivity contribution in [3.63, 3.8) is 0 Å². The highest BCUT2D eigenvalue weighted by molar-refractivity contribution is 5.84. The van der Waals surface area contributed by atoms with Crippen LogP contribution in [0.15, 0.2) is 48.7 Å². The van der Waals surface area contributed by atoms with Gasteiger partial charge in [0.15, 0.2) is 0 Å². The van der Waals surface area contributed by atoms with Crippen molar-refractivity contribution in [3.8, 4) is 16.9 Å². The standard InChI is InChI=1S/C35H46FNO3/c1-22(38)35(4,5)25-14-16-32(28(19-25)27-11-8-12-29(36)33(27)24-9-7-10-24)40-26-15-13-23(17-26)18-31(39)30-20-34(2,3)21-37(30)6/h8,11-12,14,16,19,23-24,26,30,38H,1,7,9-10,13,15,17-18,20-21H2,2-6H3/t23-,26-,30+/m1/s1. The van der Waals surface area contributed by atoms with Crippen molar-refractivity contribution in [2.45, 2.75) is 103 Å². The van der Waals surface area contributed by atoms with Crippen LogP contribution in [0.4, 0.5) is 4.39 Å². The van der Waals surface area contributed by atoms with Gasteiger partial charge in [-0.25, -0.2) is 4.39 Å². The number of hydrogen-bond donors (Lipinski definition) is 1. The Hall–Kier alpha value is -2.66. The summed E-state index contributed by atoms with van der Waals surface area (Å²) in [6, 6.07) is 11.4. The van der Waals surface area contributed by atoms with Gasteiger partial charge in [0.25, 0.3) is 0 Å². The van der Waals surface area contributed by atoms with Crippen LogP contribution in [0.2, 0.25) is 0 Å². The summed E-state index contributed by atoms with van der Waals surface area (Å²) in [6.07, 6.45) is 7.40. The van der Waals surface area contributed by atoms with Crippen LogP contribution in [0.5, 0.6) is 5.75 Å². The molecule has 5 heteroatoms. The molecule has 0 spiro atoms. The highest BCUT2D eigenvalue weighted by Gasteiger charge is 2.40. The number of ether oxygens (including phenoxy) is 1. The highest BCUT2D eigenvalue weighted by Crippen LogP contribution is 2.46. The first-order valence-electron chi connectivity index (χ1n) is 15.1. The average Bonchev–Trinajstić information content (AvgIpc) is 3.40. The van der Waals surface area contributed by atoms with Crippen molar-refractivity contribution in [3.05, 3.63) is 65.7 Å². The summed E-state index contributed by atoms with van der Waals surface area (Å²) in [6.45, 7) is 13.1. The number of ketones is 1. The molecule has 0 unspecified atom stereocenters. The van der Waals surface area contributed by atoms with Gasteiger partial charge in [0.05, 0.1) is 17.9 Å². The molecule has 0 bridgehead atoms. The second kappa shape index (κ2) is 11.0. The van der Waals surface area contributed by atoms with Crippen LogP contribution in [0.1, 0.15) is 96.1 Å². The van der Waals surface area contributed by atoms with Crippen LogP contribution >= 0.6 is 0 Å². The fourth-order valence-electron chi connectivity index (χ4n) is 7.09. The minimum absolute atomic E-state index is 0.0154. The number of hydrogen-bond acceptors (Lipinski definition) is 4. The maximum absolute atomic E-state index is 15.3. The molecule has 4 nitrogen and oxygen atoms in total. The predicted octanol–water partition coefficient (Wildman–Crippen LogP) is 8.35. The fourth-order valence-corrected chi connectivity index (χ4v) is 7.09. The number of aliphatic hydroxyl groups is 1. The summed E-state index contributed by atoms with van der Waals surface area (Å²) in [5, 5.41) is 10.3. The molecule has 1 heterocycles. The van der Waals surface area contributed by atoms with Crippen LogP contribution in [-0.4, -0.2) is 41.5 Å². The van der Waals surface area contributed by atoms with Crippen molar-refractivity contribution in [2.24, 2.45) is 11.3 Å². The Morgan fingerprint density at radius 2 is 1.90 bits per heavy atom. The molecule has 0 radical (unpaired) electrons. The van der Waals surface area contributed by atoms with Crippen LogP contribution < -0.4 is 4.74 Å². The Kier molecular flexibility index (Phi) is 7.91. The molecule has 40 heavy (non-hydrogen) atoms. The second-order valence-electron chi connectivity index (χ2n) is 14.0. The fraction of sp³-hybridized carbons (Fsp3) is 0.571. The quantitative estimate of drug-likeness (QED) is 0.321. The first kappa shape index (κ1) is 28.9. The van der Waals surface area contributed by atoms with Gasteiger partial charge in [0.1, 0.15) is 17.3 Å². The Labute approximate surface area is 239 Å². The van der Waals surface area contributed by atoms with Gasteiger partial charge in [0.2, 0.25) is 0 Å². The van der Waals surface area contributed by atoms with Gasteiger partial charge in [-0.1, -0.05) is 45.0 Å². The van der Waals surface area contributed by atoms with Crippen molar-refractivity contribution in [1.29, 1.82) is 0 Å². The summed E-state index contributed by atoms with van der Waals surface area (Å²) >= 11 is 0. The second-order valence-corrected chi connectivity index (χ2v) is 14.0. The summed E-state index contributed by atoms with van der Waals surface area (Å²) in [5.74, 6) is 1.57. The first-order valence-corrected chi connectivity index (χ1v) is 15.1. The summed E-state index contributed by atoms with van der Waals surface area (Å²) in [7, 11) is 2.07. The lowest BCUT2D eigenvalue weighted by Crippen LogP contribution is -2.33. The molecule has 1 aliphatic heterocycles. The third-order valence-corrected chi connectivity index (χ3v) is 9.88. The Morgan fingerprint density at radius 1 is 1.15 bits per heavy atom. The molecule has 2 aromatic rings. The topological polar surface area (TPSA) is 49.8 Å². The zero-order valence-electron chi connectivity index (χ0n) is 24.9. The Balaban J connectivity index is 1.39. The maximum Gasteiger partial charge on any atom is 0.150 e. The first-order chi connectivity index (χ1) is 18.9. The van der Waals surface area contributed by atoms with E-state index in [0.29, 0.717) is 18.1 Å². The lowest BCUT2D eigenvalue weighted by atomic mass is 9.76. The van der Waals surface area contributed by atoms with Gasteiger partial charge in [0, 0.05) is 23.9 Å². The van der Waals surface area contributed by atoms with Gasteiger partial charge in [-0.15, -0.1) is 0 Å². The van der Waals surface area contributed by atoms with Crippen molar-refractivity contribution < 1.29 is 19.0 Å². The summed E-state index contributed by atoms with van der Waals surface area (Å²) < 4.78 is 21.9. The van der Waals surface area contributed by atoms with E-state index in [9.17, 15) is 9.90 Å². The van der Waals surface area contributed by atoms with E-state index in [1.54, 1.807) is 12.1 Å². The largest absolute Gasteiger partial charge is 0.512 e. The van der Waals surface area contributed by atoms with E-state index in [2.05, 4.69) is 32.4 Å². The average molecular weight is 548 g/mol. The SMILES string of the molecule is C=C(O)C(C)(C)c1ccc(O[C@@H]2CC[C@@H](CC(=O)[C@@H]3CC(C)(C)CN3C)C2)c(-c2cccc(F)c2C2CCC2)c1. The number of carbonyl (C=O) groups is 1. The lowest BCUT2D eigenvalue weighted by molar-refractivity contribution is -0.123. The molecular weight excluding hydrogens is 501 g/mol. The Bertz CT molecular complexity index is 1280. The van der Waals surface area contributed by atoms with E-state index in [1.165, 1.54) is 0 Å². The van der Waals surface area contributed by atoms with E-state index in [4.69, 9.17) is 4.74 Å². The number of carbonyl (C=O) groups excluding carboxylic acids is 1. The highest BCUT2D eigenvalue weighted by atomic mass is 19.1. The molecule has 0 aromatic heterocycles. The van der Waals surface area contributed by atoms with E-state index in [-0.39, 0.29) is 35.1 Å². The number of Topliss-reactive ketones (excluding diaryl/α,β-unsaturated/α-hetero) is 1. The molecular formula is C35H46FNO3. The molecule has 5 rings (SSSR count). The third-order valence-electron chi connectivity index (χ3n) is 9.88. The van der Waals surface area contributed by atoms with Gasteiger partial charge >= 0.3 is 0 Å². The number of aliphatic hydroxyl groups excluding tert-OH is 1. The molecule has 3 fully saturated rings. The molecule has 2 saturated carbocycles. The number of allylic oxidation sites excluding steroid dienone is 1. The van der Waals surface area contributed by atoms with E-state index < -0.39 is 5.41 Å². The van der Waals surface area contributed by atoms with Gasteiger partial charge in [-0.05, 0) is 112 Å². The van der Waals surface area contributed by atoms with Crippen LogP contribution in [0.25, 0.3) is 11.1 Å². The number of benzene rings is 2.